The van der Waals surface area contributed by atoms with Crippen LogP contribution in [0.1, 0.15) is 29.8 Å². The number of hydrogen-bond acceptors (Lipinski definition) is 2. The van der Waals surface area contributed by atoms with Crippen LogP contribution in [0.4, 0.5) is 0 Å². The Morgan fingerprint density at radius 3 is 2.33 bits per heavy atom. The van der Waals surface area contributed by atoms with Crippen molar-refractivity contribution >= 4 is 18.9 Å². The average molecular weight is 182 g/mol. The molecule has 0 spiro atoms. The Morgan fingerprint density at radius 2 is 1.92 bits per heavy atom. The lowest BCUT2D eigenvalue weighted by Crippen LogP contribution is -1.85. The first-order valence-corrected chi connectivity index (χ1v) is 4.44. The molecule has 1 rings (SSSR count). The van der Waals surface area contributed by atoms with E-state index in [1.54, 1.807) is 6.07 Å². The average Bonchev–Trinajstić information content (AvgIpc) is 2.13. The second-order valence-corrected chi connectivity index (χ2v) is 2.59. The quantitative estimate of drug-likeness (QED) is 0.521. The molecule has 1 nitrogen and oxygen atoms in total. The monoisotopic (exact) mass is 182 g/mol. The van der Waals surface area contributed by atoms with Crippen molar-refractivity contribution in [3.63, 3.8) is 0 Å². The van der Waals surface area contributed by atoms with Crippen LogP contribution in [-0.4, -0.2) is 6.29 Å². The maximum absolute atomic E-state index is 10.3. The van der Waals surface area contributed by atoms with Gasteiger partial charge in [0.1, 0.15) is 6.29 Å². The summed E-state index contributed by atoms with van der Waals surface area (Å²) >= 11 is 4.16. The highest BCUT2D eigenvalue weighted by Crippen LogP contribution is 2.14. The van der Waals surface area contributed by atoms with Gasteiger partial charge in [0, 0.05) is 10.5 Å². The Balaban J connectivity index is 0.000000561. The summed E-state index contributed by atoms with van der Waals surface area (Å²) < 4.78 is 0. The van der Waals surface area contributed by atoms with Gasteiger partial charge in [0.05, 0.1) is 0 Å². The lowest BCUT2D eigenvalue weighted by atomic mass is 10.1. The van der Waals surface area contributed by atoms with Crippen LogP contribution in [0.3, 0.4) is 0 Å². The first-order chi connectivity index (χ1) is 5.75. The van der Waals surface area contributed by atoms with Crippen molar-refractivity contribution in [2.45, 2.75) is 25.7 Å². The Bertz CT molecular complexity index is 256. The minimum absolute atomic E-state index is 0.715. The third kappa shape index (κ3) is 2.70. The SMILES string of the molecule is CC.Cc1c(S)cccc1C=O. The molecule has 1 aromatic rings. The molecule has 12 heavy (non-hydrogen) atoms. The molecule has 0 aliphatic rings. The van der Waals surface area contributed by atoms with Gasteiger partial charge in [0.25, 0.3) is 0 Å². The third-order valence-electron chi connectivity index (χ3n) is 1.47. The molecule has 0 fully saturated rings. The number of carbonyl (C=O) groups excluding carboxylic acids is 1. The van der Waals surface area contributed by atoms with Gasteiger partial charge in [-0.05, 0) is 18.6 Å². The first-order valence-electron chi connectivity index (χ1n) is 3.99. The molecule has 0 atom stereocenters. The standard InChI is InChI=1S/C8H8OS.C2H6/c1-6-7(5-9)3-2-4-8(6)10;1-2/h2-5,10H,1H3;1-2H3. The maximum Gasteiger partial charge on any atom is 0.150 e. The lowest BCUT2D eigenvalue weighted by molar-refractivity contribution is 0.112. The summed E-state index contributed by atoms with van der Waals surface area (Å²) in [4.78, 5) is 11.2. The highest BCUT2D eigenvalue weighted by Gasteiger charge is 1.97. The van der Waals surface area contributed by atoms with E-state index in [2.05, 4.69) is 12.6 Å². The Labute approximate surface area is 79.2 Å². The van der Waals surface area contributed by atoms with Gasteiger partial charge in [-0.2, -0.15) is 0 Å². The van der Waals surface area contributed by atoms with E-state index >= 15 is 0 Å². The van der Waals surface area contributed by atoms with Gasteiger partial charge in [-0.15, -0.1) is 12.6 Å². The third-order valence-corrected chi connectivity index (χ3v) is 1.96. The van der Waals surface area contributed by atoms with Gasteiger partial charge in [-0.3, -0.25) is 4.79 Å². The smallest absolute Gasteiger partial charge is 0.150 e. The van der Waals surface area contributed by atoms with Crippen molar-refractivity contribution in [2.24, 2.45) is 0 Å². The molecule has 0 unspecified atom stereocenters. The number of benzene rings is 1. The van der Waals surface area contributed by atoms with Gasteiger partial charge in [0.2, 0.25) is 0 Å². The molecule has 0 radical (unpaired) electrons. The summed E-state index contributed by atoms with van der Waals surface area (Å²) in [5.74, 6) is 0. The van der Waals surface area contributed by atoms with Crippen LogP contribution >= 0.6 is 12.6 Å². The molecular formula is C10H14OS. The van der Waals surface area contributed by atoms with Crippen LogP contribution in [0.15, 0.2) is 23.1 Å². The van der Waals surface area contributed by atoms with E-state index in [9.17, 15) is 4.79 Å². The van der Waals surface area contributed by atoms with Gasteiger partial charge >= 0.3 is 0 Å². The predicted octanol–water partition coefficient (Wildman–Crippen LogP) is 3.12. The molecule has 0 saturated carbocycles. The van der Waals surface area contributed by atoms with Gasteiger partial charge < -0.3 is 0 Å². The second kappa shape index (κ2) is 5.84. The van der Waals surface area contributed by atoms with E-state index in [1.165, 1.54) is 0 Å². The van der Waals surface area contributed by atoms with E-state index < -0.39 is 0 Å². The molecule has 1 aromatic carbocycles. The molecule has 0 bridgehead atoms. The molecule has 66 valence electrons. The topological polar surface area (TPSA) is 17.1 Å². The molecular weight excluding hydrogens is 168 g/mol. The summed E-state index contributed by atoms with van der Waals surface area (Å²) in [6, 6.07) is 5.46. The molecule has 0 aliphatic heterocycles. The highest BCUT2D eigenvalue weighted by molar-refractivity contribution is 7.80. The van der Waals surface area contributed by atoms with Crippen molar-refractivity contribution in [3.05, 3.63) is 29.3 Å². The number of rotatable bonds is 1. The number of carbonyl (C=O) groups is 1. The second-order valence-electron chi connectivity index (χ2n) is 2.11. The van der Waals surface area contributed by atoms with Crippen molar-refractivity contribution in [3.8, 4) is 0 Å². The van der Waals surface area contributed by atoms with Crippen LogP contribution in [0.2, 0.25) is 0 Å². The minimum Gasteiger partial charge on any atom is -0.298 e. The fourth-order valence-corrected chi connectivity index (χ4v) is 0.984. The van der Waals surface area contributed by atoms with E-state index in [0.29, 0.717) is 5.56 Å². The molecule has 0 amide bonds. The molecule has 2 heteroatoms. The van der Waals surface area contributed by atoms with Crippen LogP contribution in [0.5, 0.6) is 0 Å². The largest absolute Gasteiger partial charge is 0.298 e. The lowest BCUT2D eigenvalue weighted by Gasteiger charge is -1.99. The highest BCUT2D eigenvalue weighted by atomic mass is 32.1. The zero-order chi connectivity index (χ0) is 9.56. The molecule has 0 aliphatic carbocycles. The van der Waals surface area contributed by atoms with Crippen LogP contribution < -0.4 is 0 Å². The minimum atomic E-state index is 0.715. The summed E-state index contributed by atoms with van der Waals surface area (Å²) in [6.45, 7) is 5.88. The molecule has 0 heterocycles. The van der Waals surface area contributed by atoms with Gasteiger partial charge in [-0.1, -0.05) is 26.0 Å². The zero-order valence-corrected chi connectivity index (χ0v) is 8.56. The van der Waals surface area contributed by atoms with Gasteiger partial charge in [0.15, 0.2) is 0 Å². The normalized spacial score (nSPS) is 8.33. The van der Waals surface area contributed by atoms with Crippen LogP contribution in [0, 0.1) is 6.92 Å². The Morgan fingerprint density at radius 1 is 1.33 bits per heavy atom. The van der Waals surface area contributed by atoms with E-state index in [0.717, 1.165) is 16.7 Å². The Kier molecular flexibility index (Phi) is 5.47. The number of thiol groups is 1. The molecule has 0 aromatic heterocycles. The van der Waals surface area contributed by atoms with E-state index in [1.807, 2.05) is 32.9 Å². The molecule has 0 saturated heterocycles. The summed E-state index contributed by atoms with van der Waals surface area (Å²) in [5.41, 5.74) is 1.66. The van der Waals surface area contributed by atoms with Crippen molar-refractivity contribution in [1.29, 1.82) is 0 Å². The van der Waals surface area contributed by atoms with Crippen LogP contribution in [0.25, 0.3) is 0 Å². The van der Waals surface area contributed by atoms with Crippen molar-refractivity contribution in [1.82, 2.24) is 0 Å². The predicted molar refractivity (Wildman–Crippen MR) is 55.2 cm³/mol. The number of hydrogen-bond donors (Lipinski definition) is 1. The summed E-state index contributed by atoms with van der Waals surface area (Å²) in [5, 5.41) is 0. The maximum atomic E-state index is 10.3. The van der Waals surface area contributed by atoms with Crippen molar-refractivity contribution < 1.29 is 4.79 Å². The molecule has 0 N–H and O–H groups in total. The van der Waals surface area contributed by atoms with E-state index in [-0.39, 0.29) is 0 Å². The zero-order valence-electron chi connectivity index (χ0n) is 7.66. The fourth-order valence-electron chi connectivity index (χ4n) is 0.768. The summed E-state index contributed by atoms with van der Waals surface area (Å²) in [7, 11) is 0. The number of aldehydes is 1. The van der Waals surface area contributed by atoms with Gasteiger partial charge in [-0.25, -0.2) is 0 Å². The Hall–Kier alpha value is -0.760. The fraction of sp³-hybridized carbons (Fsp3) is 0.300. The first kappa shape index (κ1) is 11.2. The van der Waals surface area contributed by atoms with Crippen molar-refractivity contribution in [2.75, 3.05) is 0 Å². The summed E-state index contributed by atoms with van der Waals surface area (Å²) in [6.07, 6.45) is 0.842. The van der Waals surface area contributed by atoms with E-state index in [4.69, 9.17) is 0 Å². The van der Waals surface area contributed by atoms with Crippen LogP contribution in [-0.2, 0) is 0 Å².